The highest BCUT2D eigenvalue weighted by Gasteiger charge is 2.18. The van der Waals surface area contributed by atoms with Crippen molar-refractivity contribution < 1.29 is 0 Å². The number of nitrogens with two attached hydrogens (primary N) is 1. The Morgan fingerprint density at radius 1 is 0.921 bits per heavy atom. The Balaban J connectivity index is 1.41. The highest BCUT2D eigenvalue weighted by atomic mass is 15.2. The number of rotatable bonds is 6. The van der Waals surface area contributed by atoms with E-state index in [1.54, 1.807) is 12.3 Å². The molecule has 0 saturated carbocycles. The zero-order chi connectivity index (χ0) is 25.9. The quantitative estimate of drug-likeness (QED) is 0.330. The van der Waals surface area contributed by atoms with E-state index in [-0.39, 0.29) is 0 Å². The summed E-state index contributed by atoms with van der Waals surface area (Å²) in [4.78, 5) is 14.2. The number of hydrogen-bond acceptors (Lipinski definition) is 8. The zero-order valence-electron chi connectivity index (χ0n) is 20.2. The third kappa shape index (κ3) is 4.38. The maximum atomic E-state index is 9.08. The highest BCUT2D eigenvalue weighted by molar-refractivity contribution is 5.84. The second-order valence-corrected chi connectivity index (χ2v) is 8.57. The van der Waals surface area contributed by atoms with Crippen LogP contribution in [0.4, 0.5) is 11.6 Å². The van der Waals surface area contributed by atoms with Gasteiger partial charge in [0.05, 0.1) is 23.0 Å². The van der Waals surface area contributed by atoms with Gasteiger partial charge in [-0.3, -0.25) is 4.57 Å². The van der Waals surface area contributed by atoms with E-state index >= 15 is 0 Å². The fourth-order valence-electron chi connectivity index (χ4n) is 4.23. The highest BCUT2D eigenvalue weighted by Crippen LogP contribution is 2.31. The summed E-state index contributed by atoms with van der Waals surface area (Å²) in [6.07, 6.45) is 3.09. The van der Waals surface area contributed by atoms with E-state index in [4.69, 9.17) is 21.0 Å². The van der Waals surface area contributed by atoms with Crippen LogP contribution in [-0.2, 0) is 6.54 Å². The number of imidazole rings is 1. The number of nitrogens with zero attached hydrogens (tertiary/aromatic N) is 7. The standard InChI is InChI=1S/C29H21N9/c30-16-20-15-26(37-34-18-20)33-17-19-8-10-22(11-9-19)38-28(23-7-4-14-32-27(23)31)36-25-13-12-24(35-29(25)38)21-5-2-1-3-6-21/h1-15,18H,17H2,(H2,31,32)(H,33,37). The molecule has 0 bridgehead atoms. The van der Waals surface area contributed by atoms with Crippen molar-refractivity contribution in [2.24, 2.45) is 0 Å². The van der Waals surface area contributed by atoms with Crippen molar-refractivity contribution >= 4 is 22.8 Å². The molecule has 9 heteroatoms. The molecule has 0 atom stereocenters. The first-order valence-electron chi connectivity index (χ1n) is 11.9. The van der Waals surface area contributed by atoms with Crippen LogP contribution in [0.1, 0.15) is 11.1 Å². The summed E-state index contributed by atoms with van der Waals surface area (Å²) >= 11 is 0. The van der Waals surface area contributed by atoms with Gasteiger partial charge in [-0.1, -0.05) is 42.5 Å². The summed E-state index contributed by atoms with van der Waals surface area (Å²) in [5.74, 6) is 1.60. The summed E-state index contributed by atoms with van der Waals surface area (Å²) in [5.41, 5.74) is 12.7. The molecule has 182 valence electrons. The number of aromatic nitrogens is 6. The van der Waals surface area contributed by atoms with Gasteiger partial charge in [0.1, 0.15) is 23.2 Å². The number of anilines is 2. The molecule has 6 rings (SSSR count). The second kappa shape index (κ2) is 9.79. The van der Waals surface area contributed by atoms with Crippen molar-refractivity contribution in [1.82, 2.24) is 29.7 Å². The normalized spacial score (nSPS) is 10.8. The summed E-state index contributed by atoms with van der Waals surface area (Å²) in [7, 11) is 0. The molecule has 4 aromatic heterocycles. The van der Waals surface area contributed by atoms with Gasteiger partial charge in [-0.15, -0.1) is 5.10 Å². The molecule has 0 unspecified atom stereocenters. The lowest BCUT2D eigenvalue weighted by atomic mass is 10.1. The molecule has 2 aromatic carbocycles. The Labute approximate surface area is 218 Å². The molecule has 0 radical (unpaired) electrons. The van der Waals surface area contributed by atoms with Crippen molar-refractivity contribution in [3.63, 3.8) is 0 Å². The monoisotopic (exact) mass is 495 g/mol. The summed E-state index contributed by atoms with van der Waals surface area (Å²) in [6.45, 7) is 0.521. The zero-order valence-corrected chi connectivity index (χ0v) is 20.2. The summed E-state index contributed by atoms with van der Waals surface area (Å²) in [6, 6.07) is 29.6. The van der Waals surface area contributed by atoms with Crippen LogP contribution in [0.15, 0.2) is 97.3 Å². The van der Waals surface area contributed by atoms with E-state index in [0.29, 0.717) is 29.6 Å². The topological polar surface area (TPSA) is 131 Å². The van der Waals surface area contributed by atoms with Gasteiger partial charge in [0.15, 0.2) is 11.5 Å². The predicted molar refractivity (Wildman–Crippen MR) is 146 cm³/mol. The van der Waals surface area contributed by atoms with Gasteiger partial charge in [-0.05, 0) is 42.0 Å². The van der Waals surface area contributed by atoms with Gasteiger partial charge < -0.3 is 11.1 Å². The van der Waals surface area contributed by atoms with E-state index in [0.717, 1.165) is 39.2 Å². The molecule has 0 aliphatic rings. The molecule has 0 aliphatic heterocycles. The Bertz CT molecular complexity index is 1790. The number of hydrogen-bond donors (Lipinski definition) is 2. The fraction of sp³-hybridized carbons (Fsp3) is 0.0345. The number of nitrogen functional groups attached to an aromatic ring is 1. The van der Waals surface area contributed by atoms with Crippen molar-refractivity contribution in [3.05, 3.63) is 108 Å². The SMILES string of the molecule is N#Cc1cnnc(NCc2ccc(-n3c(-c4cccnc4N)nc4ccc(-c5ccccc5)nc43)cc2)c1. The molecular formula is C29H21N9. The largest absolute Gasteiger partial charge is 0.383 e. The fourth-order valence-corrected chi connectivity index (χ4v) is 4.23. The molecule has 0 aliphatic carbocycles. The van der Waals surface area contributed by atoms with Crippen LogP contribution in [-0.4, -0.2) is 29.7 Å². The summed E-state index contributed by atoms with van der Waals surface area (Å²) < 4.78 is 2.01. The molecule has 4 heterocycles. The van der Waals surface area contributed by atoms with Gasteiger partial charge in [-0.2, -0.15) is 10.4 Å². The maximum Gasteiger partial charge on any atom is 0.165 e. The molecular weight excluding hydrogens is 474 g/mol. The lowest BCUT2D eigenvalue weighted by Crippen LogP contribution is -2.04. The van der Waals surface area contributed by atoms with Crippen molar-refractivity contribution in [2.45, 2.75) is 6.54 Å². The van der Waals surface area contributed by atoms with Gasteiger partial charge >= 0.3 is 0 Å². The first kappa shape index (κ1) is 22.8. The first-order chi connectivity index (χ1) is 18.7. The molecule has 38 heavy (non-hydrogen) atoms. The van der Waals surface area contributed by atoms with E-state index in [1.165, 1.54) is 6.20 Å². The number of nitrogens with one attached hydrogen (secondary N) is 1. The van der Waals surface area contributed by atoms with Gasteiger partial charge in [0.2, 0.25) is 0 Å². The Morgan fingerprint density at radius 2 is 1.76 bits per heavy atom. The van der Waals surface area contributed by atoms with Crippen molar-refractivity contribution in [2.75, 3.05) is 11.1 Å². The molecule has 9 nitrogen and oxygen atoms in total. The average molecular weight is 496 g/mol. The van der Waals surface area contributed by atoms with Crippen LogP contribution in [0.5, 0.6) is 0 Å². The second-order valence-electron chi connectivity index (χ2n) is 8.57. The number of benzene rings is 2. The number of pyridine rings is 2. The molecule has 0 amide bonds. The van der Waals surface area contributed by atoms with E-state index in [9.17, 15) is 0 Å². The van der Waals surface area contributed by atoms with Crippen LogP contribution in [0, 0.1) is 11.3 Å². The Kier molecular flexibility index (Phi) is 5.88. The lowest BCUT2D eigenvalue weighted by Gasteiger charge is -2.12. The van der Waals surface area contributed by atoms with Crippen molar-refractivity contribution in [3.8, 4) is 34.4 Å². The molecule has 0 spiro atoms. The van der Waals surface area contributed by atoms with Crippen molar-refractivity contribution in [1.29, 1.82) is 5.26 Å². The molecule has 0 fully saturated rings. The minimum absolute atomic E-state index is 0.397. The van der Waals surface area contributed by atoms with E-state index < -0.39 is 0 Å². The lowest BCUT2D eigenvalue weighted by molar-refractivity contribution is 0.994. The number of fused-ring (bicyclic) bond motifs is 1. The first-order valence-corrected chi connectivity index (χ1v) is 11.9. The maximum absolute atomic E-state index is 9.08. The predicted octanol–water partition coefficient (Wildman–Crippen LogP) is 5.01. The number of nitriles is 1. The third-order valence-corrected chi connectivity index (χ3v) is 6.11. The minimum Gasteiger partial charge on any atom is -0.383 e. The van der Waals surface area contributed by atoms with Gasteiger partial charge in [0, 0.05) is 30.1 Å². The Morgan fingerprint density at radius 3 is 2.55 bits per heavy atom. The summed E-state index contributed by atoms with van der Waals surface area (Å²) in [5, 5.41) is 20.2. The van der Waals surface area contributed by atoms with Crippen LogP contribution in [0.25, 0.3) is 39.5 Å². The van der Waals surface area contributed by atoms with Crippen LogP contribution < -0.4 is 11.1 Å². The van der Waals surface area contributed by atoms with E-state index in [2.05, 4.69) is 26.6 Å². The van der Waals surface area contributed by atoms with Crippen LogP contribution in [0.2, 0.25) is 0 Å². The third-order valence-electron chi connectivity index (χ3n) is 6.11. The minimum atomic E-state index is 0.397. The Hall–Kier alpha value is -5.62. The molecule has 3 N–H and O–H groups in total. The van der Waals surface area contributed by atoms with Gasteiger partial charge in [0.25, 0.3) is 0 Å². The molecule has 6 aromatic rings. The van der Waals surface area contributed by atoms with Crippen LogP contribution >= 0.6 is 0 Å². The van der Waals surface area contributed by atoms with E-state index in [1.807, 2.05) is 83.4 Å². The average Bonchev–Trinajstić information content (AvgIpc) is 3.35. The van der Waals surface area contributed by atoms with Crippen LogP contribution in [0.3, 0.4) is 0 Å². The smallest absolute Gasteiger partial charge is 0.165 e. The molecule has 0 saturated heterocycles. The van der Waals surface area contributed by atoms with Gasteiger partial charge in [-0.25, -0.2) is 15.0 Å².